The monoisotopic (exact) mass is 340 g/mol. The van der Waals surface area contributed by atoms with Crippen LogP contribution in [0.5, 0.6) is 11.8 Å². The molecule has 2 N–H and O–H groups in total. The van der Waals surface area contributed by atoms with E-state index in [2.05, 4.69) is 9.97 Å². The summed E-state index contributed by atoms with van der Waals surface area (Å²) in [5, 5.41) is 10.5. The van der Waals surface area contributed by atoms with Gasteiger partial charge in [0.2, 0.25) is 5.91 Å². The average Bonchev–Trinajstić information content (AvgIpc) is 2.51. The van der Waals surface area contributed by atoms with Crippen LogP contribution in [-0.2, 0) is 11.2 Å². The number of amides is 1. The summed E-state index contributed by atoms with van der Waals surface area (Å²) < 4.78 is 19.5. The molecule has 0 saturated heterocycles. The smallest absolute Gasteiger partial charge is 0.322 e. The van der Waals surface area contributed by atoms with Gasteiger partial charge in [-0.05, 0) is 18.1 Å². The topological polar surface area (TPSA) is 121 Å². The number of primary amides is 1. The number of hydrogen-bond donors (Lipinski definition) is 1. The molecule has 2 aromatic rings. The van der Waals surface area contributed by atoms with Gasteiger partial charge in [-0.25, -0.2) is 4.39 Å². The Morgan fingerprint density at radius 3 is 2.61 bits per heavy atom. The summed E-state index contributed by atoms with van der Waals surface area (Å²) in [7, 11) is 0. The first kappa shape index (κ1) is 16.6. The molecule has 0 aliphatic carbocycles. The van der Waals surface area contributed by atoms with Gasteiger partial charge in [-0.1, -0.05) is 17.7 Å². The quantitative estimate of drug-likeness (QED) is 0.636. The Balaban J connectivity index is 2.26. The first-order valence-corrected chi connectivity index (χ1v) is 6.65. The Bertz CT molecular complexity index is 754. The molecule has 0 atom stereocenters. The van der Waals surface area contributed by atoms with Crippen molar-refractivity contribution in [2.75, 3.05) is 0 Å². The number of aryl methyl sites for hydroxylation is 1. The average molecular weight is 341 g/mol. The summed E-state index contributed by atoms with van der Waals surface area (Å²) >= 11 is 5.88. The minimum atomic E-state index is -0.777. The zero-order chi connectivity index (χ0) is 17.0. The number of hydrogen-bond acceptors (Lipinski definition) is 6. The van der Waals surface area contributed by atoms with Crippen molar-refractivity contribution in [3.63, 3.8) is 0 Å². The van der Waals surface area contributed by atoms with E-state index >= 15 is 0 Å². The summed E-state index contributed by atoms with van der Waals surface area (Å²) in [4.78, 5) is 27.8. The number of aromatic nitrogens is 2. The van der Waals surface area contributed by atoms with Crippen molar-refractivity contribution >= 4 is 23.2 Å². The van der Waals surface area contributed by atoms with Crippen molar-refractivity contribution in [3.8, 4) is 11.8 Å². The SMILES string of the molecule is NC(=O)CCc1ccc(Cl)c(Oc2ncc([N+](=O)[O-])cn2)c1F. The van der Waals surface area contributed by atoms with Crippen molar-refractivity contribution in [3.05, 3.63) is 51.0 Å². The molecule has 1 aromatic heterocycles. The van der Waals surface area contributed by atoms with E-state index in [1.165, 1.54) is 12.1 Å². The highest BCUT2D eigenvalue weighted by molar-refractivity contribution is 6.32. The summed E-state index contributed by atoms with van der Waals surface area (Å²) in [5.74, 6) is -1.68. The first-order valence-electron chi connectivity index (χ1n) is 6.28. The van der Waals surface area contributed by atoms with Crippen LogP contribution in [0.4, 0.5) is 10.1 Å². The van der Waals surface area contributed by atoms with Crippen LogP contribution >= 0.6 is 11.6 Å². The van der Waals surface area contributed by atoms with E-state index in [0.29, 0.717) is 0 Å². The molecule has 0 saturated carbocycles. The van der Waals surface area contributed by atoms with Crippen LogP contribution in [0.2, 0.25) is 5.02 Å². The minimum Gasteiger partial charge on any atom is -0.420 e. The molecule has 1 amide bonds. The molecule has 0 aliphatic heterocycles. The molecule has 2 rings (SSSR count). The van der Waals surface area contributed by atoms with Crippen molar-refractivity contribution in [2.24, 2.45) is 5.73 Å². The van der Waals surface area contributed by atoms with Gasteiger partial charge in [0.15, 0.2) is 11.6 Å². The molecular formula is C13H10ClFN4O4. The molecule has 0 unspecified atom stereocenters. The standard InChI is InChI=1S/C13H10ClFN4O4/c14-9-3-1-7(2-4-10(16)20)11(15)12(9)23-13-17-5-8(6-18-13)19(21)22/h1,3,5-6H,2,4H2,(H2,16,20). The number of nitrogens with zero attached hydrogens (tertiary/aromatic N) is 3. The second-order valence-corrected chi connectivity index (χ2v) is 4.81. The molecule has 0 bridgehead atoms. The van der Waals surface area contributed by atoms with Gasteiger partial charge in [0.25, 0.3) is 0 Å². The van der Waals surface area contributed by atoms with Gasteiger partial charge in [0.1, 0.15) is 12.4 Å². The van der Waals surface area contributed by atoms with Gasteiger partial charge < -0.3 is 10.5 Å². The number of carbonyl (C=O) groups is 1. The maximum Gasteiger partial charge on any atom is 0.322 e. The minimum absolute atomic E-state index is 0.0349. The van der Waals surface area contributed by atoms with E-state index in [1.807, 2.05) is 0 Å². The van der Waals surface area contributed by atoms with Crippen LogP contribution in [0.25, 0.3) is 0 Å². The maximum atomic E-state index is 14.4. The zero-order valence-corrected chi connectivity index (χ0v) is 12.3. The highest BCUT2D eigenvalue weighted by Gasteiger charge is 2.17. The molecule has 0 aliphatic rings. The number of rotatable bonds is 6. The van der Waals surface area contributed by atoms with Gasteiger partial charge in [0.05, 0.1) is 9.95 Å². The van der Waals surface area contributed by atoms with Crippen LogP contribution in [0.15, 0.2) is 24.5 Å². The zero-order valence-electron chi connectivity index (χ0n) is 11.5. The lowest BCUT2D eigenvalue weighted by molar-refractivity contribution is -0.385. The number of nitro groups is 1. The summed E-state index contributed by atoms with van der Waals surface area (Å²) in [6.45, 7) is 0. The Hall–Kier alpha value is -2.81. The van der Waals surface area contributed by atoms with Crippen molar-refractivity contribution < 1.29 is 18.8 Å². The highest BCUT2D eigenvalue weighted by atomic mass is 35.5. The molecule has 120 valence electrons. The number of halogens is 2. The summed E-state index contributed by atoms with van der Waals surface area (Å²) in [6, 6.07) is 2.50. The molecule has 0 radical (unpaired) electrons. The number of carbonyl (C=O) groups excluding carboxylic acids is 1. The largest absolute Gasteiger partial charge is 0.420 e. The maximum absolute atomic E-state index is 14.4. The molecule has 0 fully saturated rings. The predicted molar refractivity (Wildman–Crippen MR) is 77.7 cm³/mol. The lowest BCUT2D eigenvalue weighted by atomic mass is 10.1. The number of ether oxygens (including phenoxy) is 1. The summed E-state index contributed by atoms with van der Waals surface area (Å²) in [6.07, 6.45) is 1.89. The van der Waals surface area contributed by atoms with Crippen LogP contribution in [0.3, 0.4) is 0 Å². The van der Waals surface area contributed by atoms with Crippen molar-refractivity contribution in [1.29, 1.82) is 0 Å². The molecular weight excluding hydrogens is 331 g/mol. The third-order valence-electron chi connectivity index (χ3n) is 2.79. The third kappa shape index (κ3) is 4.10. The normalized spacial score (nSPS) is 10.3. The fourth-order valence-electron chi connectivity index (χ4n) is 1.67. The van der Waals surface area contributed by atoms with E-state index in [1.54, 1.807) is 0 Å². The molecule has 8 nitrogen and oxygen atoms in total. The van der Waals surface area contributed by atoms with Crippen LogP contribution < -0.4 is 10.5 Å². The van der Waals surface area contributed by atoms with Gasteiger partial charge in [-0.2, -0.15) is 9.97 Å². The van der Waals surface area contributed by atoms with Crippen molar-refractivity contribution in [1.82, 2.24) is 9.97 Å². The van der Waals surface area contributed by atoms with E-state index in [-0.39, 0.29) is 40.9 Å². The Morgan fingerprint density at radius 1 is 1.39 bits per heavy atom. The first-order chi connectivity index (χ1) is 10.9. The fourth-order valence-corrected chi connectivity index (χ4v) is 1.85. The van der Waals surface area contributed by atoms with Gasteiger partial charge >= 0.3 is 11.7 Å². The lowest BCUT2D eigenvalue weighted by Crippen LogP contribution is -2.11. The molecule has 10 heteroatoms. The molecule has 1 heterocycles. The Morgan fingerprint density at radius 2 is 2.04 bits per heavy atom. The van der Waals surface area contributed by atoms with Gasteiger partial charge in [-0.3, -0.25) is 14.9 Å². The number of nitrogens with two attached hydrogens (primary N) is 1. The van der Waals surface area contributed by atoms with E-state index in [4.69, 9.17) is 22.1 Å². The van der Waals surface area contributed by atoms with Crippen LogP contribution in [0.1, 0.15) is 12.0 Å². The summed E-state index contributed by atoms with van der Waals surface area (Å²) in [5.41, 5.74) is 4.88. The second-order valence-electron chi connectivity index (χ2n) is 4.40. The second kappa shape index (κ2) is 6.97. The molecule has 0 spiro atoms. The van der Waals surface area contributed by atoms with Crippen LogP contribution in [-0.4, -0.2) is 20.8 Å². The number of benzene rings is 1. The third-order valence-corrected chi connectivity index (χ3v) is 3.09. The lowest BCUT2D eigenvalue weighted by Gasteiger charge is -2.10. The molecule has 23 heavy (non-hydrogen) atoms. The Labute approximate surface area is 134 Å². The van der Waals surface area contributed by atoms with E-state index in [0.717, 1.165) is 12.4 Å². The predicted octanol–water partition coefficient (Wildman–Crippen LogP) is 2.39. The van der Waals surface area contributed by atoms with E-state index in [9.17, 15) is 19.3 Å². The van der Waals surface area contributed by atoms with E-state index < -0.39 is 16.6 Å². The molecule has 1 aromatic carbocycles. The van der Waals surface area contributed by atoms with Crippen LogP contribution in [0, 0.1) is 15.9 Å². The highest BCUT2D eigenvalue weighted by Crippen LogP contribution is 2.33. The fraction of sp³-hybridized carbons (Fsp3) is 0.154. The van der Waals surface area contributed by atoms with Crippen molar-refractivity contribution in [2.45, 2.75) is 12.8 Å². The van der Waals surface area contributed by atoms with Gasteiger partial charge in [0, 0.05) is 6.42 Å². The van der Waals surface area contributed by atoms with Gasteiger partial charge in [-0.15, -0.1) is 0 Å². The Kier molecular flexibility index (Phi) is 5.02.